The van der Waals surface area contributed by atoms with E-state index in [1.165, 1.54) is 0 Å². The molecule has 0 N–H and O–H groups in total. The van der Waals surface area contributed by atoms with Crippen LogP contribution >= 0.6 is 11.6 Å². The number of esters is 1. The SMILES string of the molecule is CC(C)(C)OC(=O)C[C@H]1COc2ccc(Cl)cc2C1=O. The van der Waals surface area contributed by atoms with Gasteiger partial charge in [0.2, 0.25) is 0 Å². The number of ketones is 1. The van der Waals surface area contributed by atoms with E-state index in [4.69, 9.17) is 21.1 Å². The smallest absolute Gasteiger partial charge is 0.307 e. The highest BCUT2D eigenvalue weighted by Gasteiger charge is 2.32. The molecule has 0 radical (unpaired) electrons. The van der Waals surface area contributed by atoms with Gasteiger partial charge in [-0.25, -0.2) is 0 Å². The number of Topliss-reactive ketones (excluding diaryl/α,β-unsaturated/α-hetero) is 1. The molecule has 5 heteroatoms. The maximum absolute atomic E-state index is 12.3. The topological polar surface area (TPSA) is 52.6 Å². The van der Waals surface area contributed by atoms with Crippen LogP contribution < -0.4 is 4.74 Å². The Balaban J connectivity index is 2.09. The number of carbonyl (C=O) groups is 2. The molecule has 0 aromatic heterocycles. The largest absolute Gasteiger partial charge is 0.492 e. The first-order valence-electron chi connectivity index (χ1n) is 6.45. The maximum atomic E-state index is 12.3. The standard InChI is InChI=1S/C15H17ClO4/c1-15(2,3)20-13(17)6-9-8-19-12-5-4-10(16)7-11(12)14(9)18/h4-5,7,9H,6,8H2,1-3H3/t9-/m0/s1. The van der Waals surface area contributed by atoms with E-state index in [-0.39, 0.29) is 18.8 Å². The van der Waals surface area contributed by atoms with Crippen molar-refractivity contribution in [3.8, 4) is 5.75 Å². The molecule has 0 fully saturated rings. The Labute approximate surface area is 123 Å². The van der Waals surface area contributed by atoms with Gasteiger partial charge in [0.25, 0.3) is 0 Å². The zero-order valence-corrected chi connectivity index (χ0v) is 12.5. The minimum absolute atomic E-state index is 0.0159. The normalized spacial score (nSPS) is 18.2. The van der Waals surface area contributed by atoms with Crippen LogP contribution in [-0.4, -0.2) is 24.0 Å². The van der Waals surface area contributed by atoms with Crippen LogP contribution in [0, 0.1) is 5.92 Å². The molecule has 1 aliphatic rings. The molecular formula is C15H17ClO4. The lowest BCUT2D eigenvalue weighted by molar-refractivity contribution is -0.155. The van der Waals surface area contributed by atoms with E-state index in [2.05, 4.69) is 0 Å². The highest BCUT2D eigenvalue weighted by Crippen LogP contribution is 2.31. The summed E-state index contributed by atoms with van der Waals surface area (Å²) >= 11 is 5.88. The Morgan fingerprint density at radius 1 is 1.45 bits per heavy atom. The van der Waals surface area contributed by atoms with E-state index >= 15 is 0 Å². The molecule has 108 valence electrons. The van der Waals surface area contributed by atoms with Crippen molar-refractivity contribution in [3.63, 3.8) is 0 Å². The predicted octanol–water partition coefficient (Wildman–Crippen LogP) is 3.26. The molecule has 0 aliphatic carbocycles. The summed E-state index contributed by atoms with van der Waals surface area (Å²) < 4.78 is 10.7. The molecule has 0 unspecified atom stereocenters. The Morgan fingerprint density at radius 3 is 2.80 bits per heavy atom. The molecule has 1 aromatic rings. The van der Waals surface area contributed by atoms with Gasteiger partial charge in [-0.15, -0.1) is 0 Å². The van der Waals surface area contributed by atoms with Crippen LogP contribution in [-0.2, 0) is 9.53 Å². The van der Waals surface area contributed by atoms with Crippen LogP contribution in [0.1, 0.15) is 37.6 Å². The van der Waals surface area contributed by atoms with Crippen molar-refractivity contribution in [1.29, 1.82) is 0 Å². The van der Waals surface area contributed by atoms with Gasteiger partial charge in [-0.3, -0.25) is 9.59 Å². The second-order valence-corrected chi connectivity index (χ2v) is 6.24. The Bertz CT molecular complexity index is 545. The fraction of sp³-hybridized carbons (Fsp3) is 0.467. The van der Waals surface area contributed by atoms with Crippen molar-refractivity contribution >= 4 is 23.4 Å². The molecule has 1 heterocycles. The number of fused-ring (bicyclic) bond motifs is 1. The minimum Gasteiger partial charge on any atom is -0.492 e. The number of hydrogen-bond donors (Lipinski definition) is 0. The first-order chi connectivity index (χ1) is 9.26. The summed E-state index contributed by atoms with van der Waals surface area (Å²) in [4.78, 5) is 24.1. The lowest BCUT2D eigenvalue weighted by Crippen LogP contribution is -2.32. The molecule has 1 atom stereocenters. The van der Waals surface area contributed by atoms with Gasteiger partial charge in [0.15, 0.2) is 5.78 Å². The third-order valence-electron chi connectivity index (χ3n) is 2.85. The molecule has 2 rings (SSSR count). The van der Waals surface area contributed by atoms with Crippen LogP contribution in [0.4, 0.5) is 0 Å². The van der Waals surface area contributed by atoms with Crippen molar-refractivity contribution in [2.75, 3.05) is 6.61 Å². The predicted molar refractivity (Wildman–Crippen MR) is 75.2 cm³/mol. The lowest BCUT2D eigenvalue weighted by atomic mass is 9.92. The number of rotatable bonds is 2. The van der Waals surface area contributed by atoms with Gasteiger partial charge in [-0.05, 0) is 39.0 Å². The van der Waals surface area contributed by atoms with Gasteiger partial charge in [0.05, 0.1) is 24.5 Å². The van der Waals surface area contributed by atoms with Crippen LogP contribution in [0.25, 0.3) is 0 Å². The molecule has 0 amide bonds. The summed E-state index contributed by atoms with van der Waals surface area (Å²) in [7, 11) is 0. The second-order valence-electron chi connectivity index (χ2n) is 5.80. The Hall–Kier alpha value is -1.55. The highest BCUT2D eigenvalue weighted by atomic mass is 35.5. The van der Waals surface area contributed by atoms with Crippen LogP contribution in [0.2, 0.25) is 5.02 Å². The van der Waals surface area contributed by atoms with Gasteiger partial charge in [0, 0.05) is 5.02 Å². The molecule has 0 bridgehead atoms. The molecule has 0 saturated heterocycles. The molecule has 1 aromatic carbocycles. The van der Waals surface area contributed by atoms with Gasteiger partial charge >= 0.3 is 5.97 Å². The number of benzene rings is 1. The first kappa shape index (κ1) is 14.9. The molecular weight excluding hydrogens is 280 g/mol. The van der Waals surface area contributed by atoms with Crippen LogP contribution in [0.3, 0.4) is 0 Å². The summed E-state index contributed by atoms with van der Waals surface area (Å²) in [6, 6.07) is 4.90. The molecule has 1 aliphatic heterocycles. The monoisotopic (exact) mass is 296 g/mol. The first-order valence-corrected chi connectivity index (χ1v) is 6.82. The summed E-state index contributed by atoms with van der Waals surface area (Å²) in [5.74, 6) is -0.528. The fourth-order valence-corrected chi connectivity index (χ4v) is 2.21. The second kappa shape index (κ2) is 5.44. The van der Waals surface area contributed by atoms with Gasteiger partial charge in [0.1, 0.15) is 11.4 Å². The number of halogens is 1. The number of hydrogen-bond acceptors (Lipinski definition) is 4. The Morgan fingerprint density at radius 2 is 2.15 bits per heavy atom. The number of carbonyl (C=O) groups excluding carboxylic acids is 2. The van der Waals surface area contributed by atoms with Crippen LogP contribution in [0.15, 0.2) is 18.2 Å². The van der Waals surface area contributed by atoms with Crippen molar-refractivity contribution in [2.24, 2.45) is 5.92 Å². The molecule has 0 spiro atoms. The average molecular weight is 297 g/mol. The quantitative estimate of drug-likeness (QED) is 0.786. The minimum atomic E-state index is -0.559. The van der Waals surface area contributed by atoms with Gasteiger partial charge in [-0.2, -0.15) is 0 Å². The molecule has 0 saturated carbocycles. The van der Waals surface area contributed by atoms with E-state index in [0.29, 0.717) is 16.3 Å². The fourth-order valence-electron chi connectivity index (χ4n) is 2.04. The van der Waals surface area contributed by atoms with Crippen molar-refractivity contribution in [2.45, 2.75) is 32.8 Å². The summed E-state index contributed by atoms with van der Waals surface area (Å²) in [5, 5.41) is 0.471. The lowest BCUT2D eigenvalue weighted by Gasteiger charge is -2.25. The zero-order valence-electron chi connectivity index (χ0n) is 11.7. The summed E-state index contributed by atoms with van der Waals surface area (Å²) in [6.07, 6.45) is 0.0159. The summed E-state index contributed by atoms with van der Waals surface area (Å²) in [6.45, 7) is 5.56. The maximum Gasteiger partial charge on any atom is 0.307 e. The third kappa shape index (κ3) is 3.51. The summed E-state index contributed by atoms with van der Waals surface area (Å²) in [5.41, 5.74) is -0.131. The van der Waals surface area contributed by atoms with E-state index in [1.807, 2.05) is 0 Å². The van der Waals surface area contributed by atoms with Gasteiger partial charge in [-0.1, -0.05) is 11.6 Å². The molecule has 4 nitrogen and oxygen atoms in total. The van der Waals surface area contributed by atoms with E-state index in [9.17, 15) is 9.59 Å². The average Bonchev–Trinajstić information content (AvgIpc) is 2.31. The van der Waals surface area contributed by atoms with E-state index < -0.39 is 17.5 Å². The zero-order chi connectivity index (χ0) is 14.9. The third-order valence-corrected chi connectivity index (χ3v) is 3.09. The highest BCUT2D eigenvalue weighted by molar-refractivity contribution is 6.31. The van der Waals surface area contributed by atoms with Crippen LogP contribution in [0.5, 0.6) is 5.75 Å². The van der Waals surface area contributed by atoms with Crippen molar-refractivity contribution < 1.29 is 19.1 Å². The van der Waals surface area contributed by atoms with Crippen molar-refractivity contribution in [1.82, 2.24) is 0 Å². The Kier molecular flexibility index (Phi) is 4.04. The van der Waals surface area contributed by atoms with E-state index in [0.717, 1.165) is 0 Å². The molecule has 20 heavy (non-hydrogen) atoms. The van der Waals surface area contributed by atoms with Crippen molar-refractivity contribution in [3.05, 3.63) is 28.8 Å². The van der Waals surface area contributed by atoms with Gasteiger partial charge < -0.3 is 9.47 Å². The van der Waals surface area contributed by atoms with E-state index in [1.54, 1.807) is 39.0 Å². The number of ether oxygens (including phenoxy) is 2.